The van der Waals surface area contributed by atoms with Crippen molar-refractivity contribution in [1.29, 1.82) is 0 Å². The number of hydrogen-bond acceptors (Lipinski definition) is 4. The number of nitrogens with one attached hydrogen (secondary N) is 1. The summed E-state index contributed by atoms with van der Waals surface area (Å²) in [5, 5.41) is 3.88. The molecule has 4 heteroatoms. The van der Waals surface area contributed by atoms with Crippen molar-refractivity contribution >= 4 is 5.69 Å². The molecule has 1 saturated heterocycles. The van der Waals surface area contributed by atoms with Crippen molar-refractivity contribution in [1.82, 2.24) is 9.80 Å². The van der Waals surface area contributed by atoms with E-state index < -0.39 is 0 Å². The van der Waals surface area contributed by atoms with E-state index in [0.29, 0.717) is 12.0 Å². The smallest absolute Gasteiger partial charge is 0.0900 e. The number of ether oxygens (including phenoxy) is 1. The number of benzene rings is 2. The third-order valence-corrected chi connectivity index (χ3v) is 7.12. The molecule has 174 valence electrons. The zero-order chi connectivity index (χ0) is 22.9. The molecular formula is C28H41N3O. The van der Waals surface area contributed by atoms with Gasteiger partial charge in [-0.25, -0.2) is 0 Å². The molecule has 2 aliphatic heterocycles. The summed E-state index contributed by atoms with van der Waals surface area (Å²) in [4.78, 5) is 4.67. The molecule has 4 rings (SSSR count). The van der Waals surface area contributed by atoms with Crippen LogP contribution in [-0.2, 0) is 10.2 Å². The molecule has 32 heavy (non-hydrogen) atoms. The Morgan fingerprint density at radius 3 is 2.41 bits per heavy atom. The van der Waals surface area contributed by atoms with Gasteiger partial charge in [0.05, 0.1) is 18.2 Å². The summed E-state index contributed by atoms with van der Waals surface area (Å²) >= 11 is 0. The normalized spacial score (nSPS) is 25.4. The van der Waals surface area contributed by atoms with Crippen LogP contribution in [0.15, 0.2) is 48.5 Å². The van der Waals surface area contributed by atoms with Crippen LogP contribution in [0.2, 0.25) is 0 Å². The lowest BCUT2D eigenvalue weighted by atomic mass is 9.75. The highest BCUT2D eigenvalue weighted by molar-refractivity contribution is 5.59. The third-order valence-electron chi connectivity index (χ3n) is 7.12. The van der Waals surface area contributed by atoms with Crippen LogP contribution in [0.4, 0.5) is 5.69 Å². The Kier molecular flexibility index (Phi) is 6.94. The first-order valence-electron chi connectivity index (χ1n) is 12.2. The molecule has 1 fully saturated rings. The van der Waals surface area contributed by atoms with Crippen LogP contribution in [-0.4, -0.2) is 56.7 Å². The summed E-state index contributed by atoms with van der Waals surface area (Å²) in [5.41, 5.74) is 5.44. The van der Waals surface area contributed by atoms with Gasteiger partial charge in [-0.15, -0.1) is 0 Å². The van der Waals surface area contributed by atoms with Crippen molar-refractivity contribution in [3.05, 3.63) is 65.2 Å². The molecule has 0 spiro atoms. The summed E-state index contributed by atoms with van der Waals surface area (Å²) in [7, 11) is 6.50. The molecular weight excluding hydrogens is 394 g/mol. The standard InChI is InChI=1S/C28H41N3O/c1-28(2,3)21-12-15-25-24(18-21)27-23(26(29-25)20-10-8-7-9-11-20)14-13-22(32-27)19-31(6)17-16-30(4)5/h7-12,15,18,22-23,26-27,29H,13-14,16-17,19H2,1-6H3. The van der Waals surface area contributed by atoms with Crippen LogP contribution in [0, 0.1) is 5.92 Å². The van der Waals surface area contributed by atoms with E-state index in [4.69, 9.17) is 4.74 Å². The van der Waals surface area contributed by atoms with Gasteiger partial charge in [0, 0.05) is 36.8 Å². The highest BCUT2D eigenvalue weighted by atomic mass is 16.5. The van der Waals surface area contributed by atoms with Crippen LogP contribution >= 0.6 is 0 Å². The van der Waals surface area contributed by atoms with Gasteiger partial charge in [0.25, 0.3) is 0 Å². The van der Waals surface area contributed by atoms with Crippen molar-refractivity contribution in [3.8, 4) is 0 Å². The topological polar surface area (TPSA) is 27.7 Å². The van der Waals surface area contributed by atoms with E-state index in [9.17, 15) is 0 Å². The average Bonchev–Trinajstić information content (AvgIpc) is 2.76. The maximum Gasteiger partial charge on any atom is 0.0900 e. The maximum absolute atomic E-state index is 6.92. The van der Waals surface area contributed by atoms with Gasteiger partial charge in [-0.05, 0) is 56.6 Å². The highest BCUT2D eigenvalue weighted by Crippen LogP contribution is 2.51. The van der Waals surface area contributed by atoms with E-state index in [-0.39, 0.29) is 17.6 Å². The van der Waals surface area contributed by atoms with Gasteiger partial charge < -0.3 is 19.9 Å². The largest absolute Gasteiger partial charge is 0.378 e. The van der Waals surface area contributed by atoms with Crippen molar-refractivity contribution in [3.63, 3.8) is 0 Å². The van der Waals surface area contributed by atoms with Gasteiger partial charge in [-0.2, -0.15) is 0 Å². The molecule has 4 unspecified atom stereocenters. The second kappa shape index (κ2) is 9.54. The van der Waals surface area contributed by atoms with Gasteiger partial charge in [0.2, 0.25) is 0 Å². The van der Waals surface area contributed by atoms with Crippen LogP contribution in [0.5, 0.6) is 0 Å². The Labute approximate surface area is 194 Å². The molecule has 2 aromatic rings. The Balaban J connectivity index is 1.61. The summed E-state index contributed by atoms with van der Waals surface area (Å²) in [5.74, 6) is 0.448. The molecule has 4 atom stereocenters. The maximum atomic E-state index is 6.92. The number of nitrogens with zero attached hydrogens (tertiary/aromatic N) is 2. The van der Waals surface area contributed by atoms with Crippen LogP contribution in [0.1, 0.15) is 62.4 Å². The number of anilines is 1. The zero-order valence-electron chi connectivity index (χ0n) is 20.8. The molecule has 0 radical (unpaired) electrons. The Morgan fingerprint density at radius 2 is 1.72 bits per heavy atom. The van der Waals surface area contributed by atoms with E-state index in [0.717, 1.165) is 26.1 Å². The highest BCUT2D eigenvalue weighted by Gasteiger charge is 2.42. The minimum Gasteiger partial charge on any atom is -0.378 e. The van der Waals surface area contributed by atoms with E-state index in [1.165, 1.54) is 28.8 Å². The average molecular weight is 436 g/mol. The Morgan fingerprint density at radius 1 is 0.969 bits per heavy atom. The van der Waals surface area contributed by atoms with Crippen LogP contribution < -0.4 is 5.32 Å². The molecule has 2 heterocycles. The second-order valence-corrected chi connectivity index (χ2v) is 11.1. The summed E-state index contributed by atoms with van der Waals surface area (Å²) < 4.78 is 6.92. The van der Waals surface area contributed by atoms with E-state index in [2.05, 4.69) is 106 Å². The van der Waals surface area contributed by atoms with Crippen LogP contribution in [0.3, 0.4) is 0 Å². The molecule has 4 nitrogen and oxygen atoms in total. The predicted molar refractivity (Wildman–Crippen MR) is 134 cm³/mol. The van der Waals surface area contributed by atoms with Gasteiger partial charge in [-0.1, -0.05) is 63.2 Å². The first kappa shape index (κ1) is 23.3. The lowest BCUT2D eigenvalue weighted by Crippen LogP contribution is -2.43. The van der Waals surface area contributed by atoms with Gasteiger partial charge in [0.1, 0.15) is 0 Å². The summed E-state index contributed by atoms with van der Waals surface area (Å²) in [6.07, 6.45) is 2.72. The second-order valence-electron chi connectivity index (χ2n) is 11.1. The zero-order valence-corrected chi connectivity index (χ0v) is 20.8. The van der Waals surface area contributed by atoms with Crippen LogP contribution in [0.25, 0.3) is 0 Å². The van der Waals surface area contributed by atoms with Crippen molar-refractivity contribution < 1.29 is 4.74 Å². The van der Waals surface area contributed by atoms with Crippen molar-refractivity contribution in [2.24, 2.45) is 5.92 Å². The summed E-state index contributed by atoms with van der Waals surface area (Å²) in [6.45, 7) is 10.0. The number of fused-ring (bicyclic) bond motifs is 3. The molecule has 0 amide bonds. The number of rotatable bonds is 6. The molecule has 0 aromatic heterocycles. The Hall–Kier alpha value is -1.88. The monoisotopic (exact) mass is 435 g/mol. The number of hydrogen-bond donors (Lipinski definition) is 1. The lowest BCUT2D eigenvalue weighted by Gasteiger charge is -2.46. The van der Waals surface area contributed by atoms with Gasteiger partial charge in [-0.3, -0.25) is 0 Å². The molecule has 1 N–H and O–H groups in total. The van der Waals surface area contributed by atoms with Gasteiger partial charge in [0.15, 0.2) is 0 Å². The predicted octanol–water partition coefficient (Wildman–Crippen LogP) is 5.48. The quantitative estimate of drug-likeness (QED) is 0.650. The summed E-state index contributed by atoms with van der Waals surface area (Å²) in [6, 6.07) is 18.2. The third kappa shape index (κ3) is 5.19. The minimum atomic E-state index is 0.126. The fourth-order valence-electron chi connectivity index (χ4n) is 5.16. The molecule has 2 aromatic carbocycles. The van der Waals surface area contributed by atoms with E-state index in [1.54, 1.807) is 0 Å². The van der Waals surface area contributed by atoms with Gasteiger partial charge >= 0.3 is 0 Å². The fraction of sp³-hybridized carbons (Fsp3) is 0.571. The number of likely N-dealkylation sites (N-methyl/N-ethyl adjacent to an activating group) is 2. The fourth-order valence-corrected chi connectivity index (χ4v) is 5.16. The van der Waals surface area contributed by atoms with Crippen molar-refractivity contribution in [2.45, 2.75) is 57.3 Å². The minimum absolute atomic E-state index is 0.126. The molecule has 0 saturated carbocycles. The van der Waals surface area contributed by atoms with Crippen molar-refractivity contribution in [2.75, 3.05) is 46.1 Å². The molecule has 0 bridgehead atoms. The molecule has 0 aliphatic carbocycles. The SMILES string of the molecule is CN(C)CCN(C)CC1CCC2C(c3ccccc3)Nc3ccc(C(C)(C)C)cc3C2O1. The molecule has 2 aliphatic rings. The lowest BCUT2D eigenvalue weighted by molar-refractivity contribution is -0.101. The first-order chi connectivity index (χ1) is 15.2. The van der Waals surface area contributed by atoms with E-state index in [1.807, 2.05) is 0 Å². The Bertz CT molecular complexity index is 889. The van der Waals surface area contributed by atoms with E-state index >= 15 is 0 Å². The first-order valence-corrected chi connectivity index (χ1v) is 12.2.